The first-order valence-electron chi connectivity index (χ1n) is 5.07. The van der Waals surface area contributed by atoms with Crippen molar-refractivity contribution >= 4 is 17.7 Å². The fraction of sp³-hybridized carbons (Fsp3) is 0.182. The number of carbonyl (C=O) groups excluding carboxylic acids is 3. The average Bonchev–Trinajstić information content (AvgIpc) is 2.60. The van der Waals surface area contributed by atoms with Gasteiger partial charge in [-0.25, -0.2) is 5.01 Å². The van der Waals surface area contributed by atoms with E-state index in [0.717, 1.165) is 7.05 Å². The molecule has 100 valence electrons. The number of hydrogen-bond acceptors (Lipinski definition) is 3. The van der Waals surface area contributed by atoms with Crippen LogP contribution in [0.25, 0.3) is 0 Å². The lowest BCUT2D eigenvalue weighted by Crippen LogP contribution is -2.51. The molecule has 1 aromatic rings. The van der Waals surface area contributed by atoms with Gasteiger partial charge in [-0.3, -0.25) is 14.4 Å². The number of carbonyl (C=O) groups is 3. The van der Waals surface area contributed by atoms with Crippen molar-refractivity contribution in [3.63, 3.8) is 0 Å². The maximum absolute atomic E-state index is 12.3. The minimum absolute atomic E-state index is 0.0231. The van der Waals surface area contributed by atoms with Gasteiger partial charge in [0, 0.05) is 7.05 Å². The highest BCUT2D eigenvalue weighted by molar-refractivity contribution is 6.21. The van der Waals surface area contributed by atoms with E-state index >= 15 is 0 Å². The van der Waals surface area contributed by atoms with E-state index in [1.165, 1.54) is 24.3 Å². The van der Waals surface area contributed by atoms with Crippen molar-refractivity contribution < 1.29 is 27.6 Å². The number of imide groups is 1. The van der Waals surface area contributed by atoms with Gasteiger partial charge in [0.1, 0.15) is 0 Å². The highest BCUT2D eigenvalue weighted by atomic mass is 19.4. The normalized spacial score (nSPS) is 14.6. The SMILES string of the molecule is CN(C(=O)C(F)(F)F)N1C(=O)c2ccccc2C1=O. The van der Waals surface area contributed by atoms with Gasteiger partial charge in [-0.1, -0.05) is 12.1 Å². The molecule has 0 aromatic heterocycles. The molecule has 3 amide bonds. The largest absolute Gasteiger partial charge is 0.473 e. The van der Waals surface area contributed by atoms with Gasteiger partial charge in [0.05, 0.1) is 11.1 Å². The van der Waals surface area contributed by atoms with Crippen LogP contribution in [-0.4, -0.2) is 41.0 Å². The quantitative estimate of drug-likeness (QED) is 0.722. The molecule has 0 radical (unpaired) electrons. The summed E-state index contributed by atoms with van der Waals surface area (Å²) < 4.78 is 36.9. The standard InChI is InChI=1S/C11H7F3N2O3/c1-15(10(19)11(12,13)14)16-8(17)6-4-2-3-5-7(6)9(16)18/h2-5H,1H3. The van der Waals surface area contributed by atoms with Gasteiger partial charge in [0.15, 0.2) is 0 Å². The molecule has 0 spiro atoms. The summed E-state index contributed by atoms with van der Waals surface area (Å²) in [6.07, 6.45) is -5.16. The minimum Gasteiger partial charge on any atom is -0.267 e. The predicted molar refractivity (Wildman–Crippen MR) is 55.8 cm³/mol. The van der Waals surface area contributed by atoms with E-state index in [-0.39, 0.29) is 21.1 Å². The molecule has 0 bridgehead atoms. The first-order chi connectivity index (χ1) is 8.75. The Hall–Kier alpha value is -2.38. The zero-order valence-corrected chi connectivity index (χ0v) is 9.56. The van der Waals surface area contributed by atoms with Crippen molar-refractivity contribution in [3.8, 4) is 0 Å². The van der Waals surface area contributed by atoms with Crippen LogP contribution in [0, 0.1) is 0 Å². The number of hydrazine groups is 1. The van der Waals surface area contributed by atoms with Crippen molar-refractivity contribution in [3.05, 3.63) is 35.4 Å². The topological polar surface area (TPSA) is 57.7 Å². The molecule has 19 heavy (non-hydrogen) atoms. The number of alkyl halides is 3. The van der Waals surface area contributed by atoms with Crippen LogP contribution < -0.4 is 0 Å². The molecule has 0 atom stereocenters. The Kier molecular flexibility index (Phi) is 2.80. The molecule has 0 unspecified atom stereocenters. The highest BCUT2D eigenvalue weighted by Crippen LogP contribution is 2.26. The zero-order chi connectivity index (χ0) is 14.4. The van der Waals surface area contributed by atoms with Crippen molar-refractivity contribution in [1.82, 2.24) is 10.0 Å². The summed E-state index contributed by atoms with van der Waals surface area (Å²) in [6, 6.07) is 5.56. The summed E-state index contributed by atoms with van der Waals surface area (Å²) in [5.41, 5.74) is -0.0661. The van der Waals surface area contributed by atoms with Crippen molar-refractivity contribution in [1.29, 1.82) is 0 Å². The summed E-state index contributed by atoms with van der Waals surface area (Å²) >= 11 is 0. The van der Waals surface area contributed by atoms with Crippen LogP contribution in [0.1, 0.15) is 20.7 Å². The summed E-state index contributed by atoms with van der Waals surface area (Å²) in [4.78, 5) is 34.7. The van der Waals surface area contributed by atoms with Crippen LogP contribution in [0.15, 0.2) is 24.3 Å². The molecule has 0 fully saturated rings. The van der Waals surface area contributed by atoms with Crippen LogP contribution in [0.5, 0.6) is 0 Å². The maximum Gasteiger partial charge on any atom is 0.473 e. The molecular weight excluding hydrogens is 265 g/mol. The number of hydrogen-bond donors (Lipinski definition) is 0. The number of nitrogens with zero attached hydrogens (tertiary/aromatic N) is 2. The van der Waals surface area contributed by atoms with Gasteiger partial charge in [-0.05, 0) is 12.1 Å². The fourth-order valence-electron chi connectivity index (χ4n) is 1.72. The second kappa shape index (κ2) is 4.08. The van der Waals surface area contributed by atoms with E-state index in [9.17, 15) is 27.6 Å². The molecule has 1 aliphatic heterocycles. The first-order valence-corrected chi connectivity index (χ1v) is 5.07. The molecule has 0 saturated carbocycles. The lowest BCUT2D eigenvalue weighted by atomic mass is 10.1. The average molecular weight is 272 g/mol. The van der Waals surface area contributed by atoms with Gasteiger partial charge >= 0.3 is 12.1 Å². The smallest absolute Gasteiger partial charge is 0.267 e. The van der Waals surface area contributed by atoms with Gasteiger partial charge in [0.2, 0.25) is 0 Å². The summed E-state index contributed by atoms with van der Waals surface area (Å²) in [5, 5.41) is 0.158. The Morgan fingerprint density at radius 2 is 1.53 bits per heavy atom. The Morgan fingerprint density at radius 3 is 1.89 bits per heavy atom. The van der Waals surface area contributed by atoms with Crippen LogP contribution in [0.3, 0.4) is 0 Å². The summed E-state index contributed by atoms with van der Waals surface area (Å²) in [6.45, 7) is 0. The minimum atomic E-state index is -5.16. The van der Waals surface area contributed by atoms with Crippen LogP contribution in [0.2, 0.25) is 0 Å². The number of halogens is 3. The third-order valence-corrected chi connectivity index (χ3v) is 2.61. The molecule has 1 heterocycles. The number of rotatable bonds is 1. The third-order valence-electron chi connectivity index (χ3n) is 2.61. The second-order valence-electron chi connectivity index (χ2n) is 3.79. The maximum atomic E-state index is 12.3. The van der Waals surface area contributed by atoms with E-state index in [2.05, 4.69) is 0 Å². The van der Waals surface area contributed by atoms with Gasteiger partial charge in [-0.2, -0.15) is 18.2 Å². The summed E-state index contributed by atoms with van der Waals surface area (Å²) in [7, 11) is 0.720. The van der Waals surface area contributed by atoms with E-state index in [1.54, 1.807) is 0 Å². The van der Waals surface area contributed by atoms with Crippen LogP contribution in [0.4, 0.5) is 13.2 Å². The molecule has 5 nitrogen and oxygen atoms in total. The molecule has 0 N–H and O–H groups in total. The van der Waals surface area contributed by atoms with E-state index < -0.39 is 23.9 Å². The first kappa shape index (κ1) is 13.1. The molecule has 2 rings (SSSR count). The molecule has 0 aliphatic carbocycles. The van der Waals surface area contributed by atoms with Crippen LogP contribution in [-0.2, 0) is 4.79 Å². The van der Waals surface area contributed by atoms with Crippen molar-refractivity contribution in [2.75, 3.05) is 7.05 Å². The number of benzene rings is 1. The Balaban J connectivity index is 2.38. The number of amides is 3. The lowest BCUT2D eigenvalue weighted by Gasteiger charge is -2.26. The Morgan fingerprint density at radius 1 is 1.11 bits per heavy atom. The highest BCUT2D eigenvalue weighted by Gasteiger charge is 2.48. The Bertz CT molecular complexity index is 548. The number of fused-ring (bicyclic) bond motifs is 1. The Labute approximate surface area is 105 Å². The van der Waals surface area contributed by atoms with Gasteiger partial charge in [-0.15, -0.1) is 0 Å². The van der Waals surface area contributed by atoms with Crippen LogP contribution >= 0.6 is 0 Å². The fourth-order valence-corrected chi connectivity index (χ4v) is 1.72. The molecule has 8 heteroatoms. The zero-order valence-electron chi connectivity index (χ0n) is 9.56. The summed E-state index contributed by atoms with van der Waals surface area (Å²) in [5.74, 6) is -4.21. The van der Waals surface area contributed by atoms with E-state index in [1.807, 2.05) is 0 Å². The predicted octanol–water partition coefficient (Wildman–Crippen LogP) is 1.22. The van der Waals surface area contributed by atoms with E-state index in [4.69, 9.17) is 0 Å². The van der Waals surface area contributed by atoms with Gasteiger partial charge in [0.25, 0.3) is 11.8 Å². The molecule has 1 aliphatic rings. The lowest BCUT2D eigenvalue weighted by molar-refractivity contribution is -0.192. The monoisotopic (exact) mass is 272 g/mol. The van der Waals surface area contributed by atoms with Crippen molar-refractivity contribution in [2.24, 2.45) is 0 Å². The van der Waals surface area contributed by atoms with Crippen molar-refractivity contribution in [2.45, 2.75) is 6.18 Å². The molecule has 0 saturated heterocycles. The third kappa shape index (κ3) is 1.94. The molecular formula is C11H7F3N2O3. The van der Waals surface area contributed by atoms with E-state index in [0.29, 0.717) is 0 Å². The molecule has 1 aromatic carbocycles. The second-order valence-corrected chi connectivity index (χ2v) is 3.79. The van der Waals surface area contributed by atoms with Gasteiger partial charge < -0.3 is 0 Å².